The lowest BCUT2D eigenvalue weighted by molar-refractivity contribution is 0.626. The van der Waals surface area contributed by atoms with E-state index < -0.39 is 0 Å². The van der Waals surface area contributed by atoms with Crippen LogP contribution in [0.5, 0.6) is 0 Å². The number of para-hydroxylation sites is 2. The zero-order valence-electron chi connectivity index (χ0n) is 22.4. The highest BCUT2D eigenvalue weighted by Gasteiger charge is 2.23. The number of aromatic nitrogens is 2. The maximum absolute atomic E-state index is 5.55. The minimum Gasteiger partial charge on any atom is -0.368 e. The number of piperazine rings is 2. The van der Waals surface area contributed by atoms with Crippen LogP contribution in [0.15, 0.2) is 66.7 Å². The van der Waals surface area contributed by atoms with E-state index in [1.807, 2.05) is 0 Å². The molecule has 0 radical (unpaired) electrons. The number of anilines is 5. The molecule has 200 valence electrons. The van der Waals surface area contributed by atoms with Crippen LogP contribution < -0.4 is 30.2 Å². The van der Waals surface area contributed by atoms with Crippen LogP contribution in [0.2, 0.25) is 0 Å². The molecular formula is C29H38N8S. The highest BCUT2D eigenvalue weighted by molar-refractivity contribution is 7.80. The molecule has 2 N–H and O–H groups in total. The summed E-state index contributed by atoms with van der Waals surface area (Å²) in [5.74, 6) is 2.94. The second kappa shape index (κ2) is 12.3. The zero-order valence-corrected chi connectivity index (χ0v) is 23.2. The molecule has 2 aliphatic heterocycles. The Hall–Kier alpha value is -3.59. The summed E-state index contributed by atoms with van der Waals surface area (Å²) in [7, 11) is 0. The summed E-state index contributed by atoms with van der Waals surface area (Å²) in [6.07, 6.45) is 0. The van der Waals surface area contributed by atoms with Crippen LogP contribution >= 0.6 is 12.2 Å². The summed E-state index contributed by atoms with van der Waals surface area (Å²) in [6.45, 7) is 12.6. The van der Waals surface area contributed by atoms with Gasteiger partial charge in [0, 0.05) is 76.3 Å². The lowest BCUT2D eigenvalue weighted by Crippen LogP contribution is -2.48. The van der Waals surface area contributed by atoms with Gasteiger partial charge in [-0.1, -0.05) is 50.2 Å². The molecule has 2 aromatic carbocycles. The first-order valence-electron chi connectivity index (χ1n) is 13.6. The summed E-state index contributed by atoms with van der Waals surface area (Å²) >= 11 is 5.55. The number of benzene rings is 2. The normalized spacial score (nSPS) is 16.1. The van der Waals surface area contributed by atoms with Gasteiger partial charge in [0.05, 0.1) is 0 Å². The summed E-state index contributed by atoms with van der Waals surface area (Å²) in [6, 6.07) is 23.4. The van der Waals surface area contributed by atoms with Crippen molar-refractivity contribution in [3.63, 3.8) is 0 Å². The first-order chi connectivity index (χ1) is 18.5. The maximum atomic E-state index is 5.55. The molecule has 0 unspecified atom stereocenters. The second-order valence-corrected chi connectivity index (χ2v) is 10.7. The first-order valence-corrected chi connectivity index (χ1v) is 14.0. The van der Waals surface area contributed by atoms with Gasteiger partial charge in [-0.2, -0.15) is 9.97 Å². The molecule has 2 saturated heterocycles. The molecule has 0 spiro atoms. The Balaban J connectivity index is 1.31. The summed E-state index contributed by atoms with van der Waals surface area (Å²) in [4.78, 5) is 19.4. The lowest BCUT2D eigenvalue weighted by atomic mass is 10.2. The Morgan fingerprint density at radius 1 is 0.711 bits per heavy atom. The van der Waals surface area contributed by atoms with E-state index in [9.17, 15) is 0 Å². The average Bonchev–Trinajstić information content (AvgIpc) is 2.97. The molecule has 0 saturated carbocycles. The van der Waals surface area contributed by atoms with Crippen LogP contribution in [-0.2, 0) is 0 Å². The molecule has 38 heavy (non-hydrogen) atoms. The topological polar surface area (TPSA) is 62.8 Å². The minimum atomic E-state index is 0.499. The van der Waals surface area contributed by atoms with E-state index in [1.54, 1.807) is 0 Å². The molecule has 1 aromatic heterocycles. The van der Waals surface area contributed by atoms with Crippen molar-refractivity contribution in [1.82, 2.24) is 15.3 Å². The molecule has 9 heteroatoms. The fourth-order valence-electron chi connectivity index (χ4n) is 4.91. The van der Waals surface area contributed by atoms with Gasteiger partial charge in [0.15, 0.2) is 5.11 Å². The third-order valence-electron chi connectivity index (χ3n) is 7.05. The molecule has 0 bridgehead atoms. The highest BCUT2D eigenvalue weighted by Crippen LogP contribution is 2.26. The summed E-state index contributed by atoms with van der Waals surface area (Å²) < 4.78 is 0. The number of nitrogens with one attached hydrogen (secondary N) is 2. The van der Waals surface area contributed by atoms with E-state index in [0.29, 0.717) is 17.0 Å². The van der Waals surface area contributed by atoms with Crippen molar-refractivity contribution in [1.29, 1.82) is 0 Å². The van der Waals surface area contributed by atoms with Crippen LogP contribution in [0.1, 0.15) is 13.8 Å². The van der Waals surface area contributed by atoms with Gasteiger partial charge in [0.1, 0.15) is 11.6 Å². The van der Waals surface area contributed by atoms with Crippen LogP contribution in [0.4, 0.5) is 29.0 Å². The molecule has 5 rings (SSSR count). The zero-order chi connectivity index (χ0) is 26.3. The van der Waals surface area contributed by atoms with Crippen molar-refractivity contribution in [3.05, 3.63) is 66.7 Å². The Bertz CT molecular complexity index is 1100. The average molecular weight is 531 g/mol. The standard InChI is InChI=1S/C29H38N8S/c1-23(2)22-30-29(38)33-28-31-26(36-17-13-34(14-18-36)24-9-5-3-6-10-24)21-27(32-28)37-19-15-35(16-20-37)25-11-7-4-8-12-25/h3-12,21,23H,13-20,22H2,1-2H3,(H2,30,31,32,33,38). The molecule has 3 heterocycles. The van der Waals surface area contributed by atoms with E-state index in [1.165, 1.54) is 11.4 Å². The van der Waals surface area contributed by atoms with Crippen molar-refractivity contribution in [2.75, 3.05) is 83.8 Å². The minimum absolute atomic E-state index is 0.499. The Morgan fingerprint density at radius 2 is 1.13 bits per heavy atom. The highest BCUT2D eigenvalue weighted by atomic mass is 32.1. The largest absolute Gasteiger partial charge is 0.368 e. The molecule has 2 aliphatic rings. The number of rotatable bonds is 7. The van der Waals surface area contributed by atoms with Crippen molar-refractivity contribution < 1.29 is 0 Å². The summed E-state index contributed by atoms with van der Waals surface area (Å²) in [5.41, 5.74) is 2.55. The third kappa shape index (κ3) is 6.64. The van der Waals surface area contributed by atoms with Gasteiger partial charge in [-0.3, -0.25) is 0 Å². The van der Waals surface area contributed by atoms with Crippen molar-refractivity contribution in [2.45, 2.75) is 13.8 Å². The van der Waals surface area contributed by atoms with E-state index in [-0.39, 0.29) is 0 Å². The Kier molecular flexibility index (Phi) is 8.43. The van der Waals surface area contributed by atoms with Crippen molar-refractivity contribution in [2.24, 2.45) is 5.92 Å². The summed E-state index contributed by atoms with van der Waals surface area (Å²) in [5, 5.41) is 7.09. The molecule has 0 atom stereocenters. The van der Waals surface area contributed by atoms with Gasteiger partial charge in [0.25, 0.3) is 0 Å². The Morgan fingerprint density at radius 3 is 1.55 bits per heavy atom. The molecular weight excluding hydrogens is 492 g/mol. The monoisotopic (exact) mass is 530 g/mol. The van der Waals surface area contributed by atoms with Gasteiger partial charge in [0.2, 0.25) is 5.95 Å². The quantitative estimate of drug-likeness (QED) is 0.440. The molecule has 3 aromatic rings. The first kappa shape index (κ1) is 26.0. The van der Waals surface area contributed by atoms with Crippen LogP contribution in [0, 0.1) is 5.92 Å². The lowest BCUT2D eigenvalue weighted by Gasteiger charge is -2.38. The predicted octanol–water partition coefficient (Wildman–Crippen LogP) is 4.07. The van der Waals surface area contributed by atoms with Gasteiger partial charge >= 0.3 is 0 Å². The van der Waals surface area contributed by atoms with E-state index in [2.05, 4.69) is 111 Å². The van der Waals surface area contributed by atoms with Gasteiger partial charge in [-0.15, -0.1) is 0 Å². The van der Waals surface area contributed by atoms with E-state index in [0.717, 1.165) is 70.5 Å². The van der Waals surface area contributed by atoms with Gasteiger partial charge in [-0.25, -0.2) is 0 Å². The fraction of sp³-hybridized carbons (Fsp3) is 0.414. The SMILES string of the molecule is CC(C)CNC(=S)Nc1nc(N2CCN(c3ccccc3)CC2)cc(N2CCN(c3ccccc3)CC2)n1. The van der Waals surface area contributed by atoms with Crippen molar-refractivity contribution >= 4 is 46.3 Å². The maximum Gasteiger partial charge on any atom is 0.232 e. The van der Waals surface area contributed by atoms with Gasteiger partial charge < -0.3 is 30.2 Å². The van der Waals surface area contributed by atoms with Crippen LogP contribution in [-0.4, -0.2) is 74.0 Å². The van der Waals surface area contributed by atoms with Crippen LogP contribution in [0.3, 0.4) is 0 Å². The predicted molar refractivity (Wildman–Crippen MR) is 163 cm³/mol. The molecule has 0 aliphatic carbocycles. The molecule has 0 amide bonds. The van der Waals surface area contributed by atoms with Crippen LogP contribution in [0.25, 0.3) is 0 Å². The number of hydrogen-bond acceptors (Lipinski definition) is 7. The van der Waals surface area contributed by atoms with E-state index in [4.69, 9.17) is 22.2 Å². The smallest absolute Gasteiger partial charge is 0.232 e. The molecule has 2 fully saturated rings. The number of hydrogen-bond donors (Lipinski definition) is 2. The third-order valence-corrected chi connectivity index (χ3v) is 7.29. The number of nitrogens with zero attached hydrogens (tertiary/aromatic N) is 6. The second-order valence-electron chi connectivity index (χ2n) is 10.3. The fourth-order valence-corrected chi connectivity index (χ4v) is 5.08. The Labute approximate surface area is 231 Å². The van der Waals surface area contributed by atoms with E-state index >= 15 is 0 Å². The number of thiocarbonyl (C=S) groups is 1. The van der Waals surface area contributed by atoms with Crippen molar-refractivity contribution in [3.8, 4) is 0 Å². The van der Waals surface area contributed by atoms with Gasteiger partial charge in [-0.05, 0) is 42.4 Å². The molecule has 8 nitrogen and oxygen atoms in total.